The second-order valence-electron chi connectivity index (χ2n) is 5.26. The number of carbonyl (C=O) groups is 1. The summed E-state index contributed by atoms with van der Waals surface area (Å²) >= 11 is 0. The molecule has 0 aliphatic carbocycles. The molecule has 2 rings (SSSR count). The Morgan fingerprint density at radius 1 is 1.26 bits per heavy atom. The van der Waals surface area contributed by atoms with E-state index < -0.39 is 0 Å². The normalized spacial score (nSPS) is 16.4. The van der Waals surface area contributed by atoms with Crippen molar-refractivity contribution in [1.82, 2.24) is 0 Å². The molecule has 1 aliphatic rings. The van der Waals surface area contributed by atoms with Gasteiger partial charge < -0.3 is 15.4 Å². The lowest BCUT2D eigenvalue weighted by atomic mass is 10.1. The minimum absolute atomic E-state index is 0.00731. The molecule has 0 radical (unpaired) electrons. The first-order chi connectivity index (χ1) is 9.15. The molecule has 4 heteroatoms. The monoisotopic (exact) mass is 262 g/mol. The molecular formula is C15H22N2O2. The molecule has 0 bridgehead atoms. The number of anilines is 2. The predicted octanol–water partition coefficient (Wildman–Crippen LogP) is 2.87. The minimum Gasteiger partial charge on any atom is -0.382 e. The van der Waals surface area contributed by atoms with E-state index in [1.165, 1.54) is 0 Å². The van der Waals surface area contributed by atoms with Gasteiger partial charge >= 0.3 is 0 Å². The molecule has 1 amide bonds. The molecule has 0 atom stereocenters. The van der Waals surface area contributed by atoms with Gasteiger partial charge in [-0.15, -0.1) is 0 Å². The maximum absolute atomic E-state index is 11.7. The smallest absolute Gasteiger partial charge is 0.226 e. The largest absolute Gasteiger partial charge is 0.382 e. The summed E-state index contributed by atoms with van der Waals surface area (Å²) in [4.78, 5) is 11.7. The van der Waals surface area contributed by atoms with Crippen LogP contribution in [0, 0.1) is 5.92 Å². The molecule has 0 saturated carbocycles. The standard InChI is InChI=1S/C15H22N2O2/c1-11(2)15(18)17-14-5-3-4-13(10-14)16-12-6-8-19-9-7-12/h3-5,10-12,16H,6-9H2,1-2H3,(H,17,18). The Bertz CT molecular complexity index is 426. The lowest BCUT2D eigenvalue weighted by Crippen LogP contribution is -2.27. The van der Waals surface area contributed by atoms with Gasteiger partial charge in [-0.25, -0.2) is 0 Å². The number of carbonyl (C=O) groups excluding carboxylic acids is 1. The number of benzene rings is 1. The van der Waals surface area contributed by atoms with Crippen LogP contribution >= 0.6 is 0 Å². The number of hydrogen-bond donors (Lipinski definition) is 2. The van der Waals surface area contributed by atoms with E-state index in [4.69, 9.17) is 4.74 Å². The van der Waals surface area contributed by atoms with E-state index in [0.29, 0.717) is 6.04 Å². The average molecular weight is 262 g/mol. The van der Waals surface area contributed by atoms with Crippen LogP contribution in [0.1, 0.15) is 26.7 Å². The van der Waals surface area contributed by atoms with Gasteiger partial charge in [-0.1, -0.05) is 19.9 Å². The lowest BCUT2D eigenvalue weighted by Gasteiger charge is -2.24. The molecule has 1 saturated heterocycles. The molecule has 19 heavy (non-hydrogen) atoms. The van der Waals surface area contributed by atoms with Gasteiger partial charge in [0.25, 0.3) is 0 Å². The van der Waals surface area contributed by atoms with E-state index in [9.17, 15) is 4.79 Å². The minimum atomic E-state index is -0.00731. The van der Waals surface area contributed by atoms with Crippen LogP contribution in [0.15, 0.2) is 24.3 Å². The summed E-state index contributed by atoms with van der Waals surface area (Å²) in [5, 5.41) is 6.41. The Balaban J connectivity index is 1.96. The van der Waals surface area contributed by atoms with Crippen LogP contribution < -0.4 is 10.6 Å². The first-order valence-corrected chi connectivity index (χ1v) is 6.90. The molecule has 4 nitrogen and oxygen atoms in total. The van der Waals surface area contributed by atoms with Crippen LogP contribution in [0.5, 0.6) is 0 Å². The lowest BCUT2D eigenvalue weighted by molar-refractivity contribution is -0.118. The Morgan fingerprint density at radius 2 is 1.95 bits per heavy atom. The summed E-state index contributed by atoms with van der Waals surface area (Å²) in [5.41, 5.74) is 1.89. The van der Waals surface area contributed by atoms with E-state index >= 15 is 0 Å². The first kappa shape index (κ1) is 13.9. The number of rotatable bonds is 4. The van der Waals surface area contributed by atoms with Gasteiger partial charge in [-0.3, -0.25) is 4.79 Å². The van der Waals surface area contributed by atoms with E-state index in [2.05, 4.69) is 10.6 Å². The molecule has 1 fully saturated rings. The molecule has 0 unspecified atom stereocenters. The molecular weight excluding hydrogens is 240 g/mol. The van der Waals surface area contributed by atoms with Crippen LogP contribution in [0.3, 0.4) is 0 Å². The van der Waals surface area contributed by atoms with Gasteiger partial charge in [0, 0.05) is 36.5 Å². The van der Waals surface area contributed by atoms with Gasteiger partial charge in [0.2, 0.25) is 5.91 Å². The Hall–Kier alpha value is -1.55. The molecule has 104 valence electrons. The van der Waals surface area contributed by atoms with Crippen molar-refractivity contribution in [2.75, 3.05) is 23.8 Å². The Kier molecular flexibility index (Phi) is 4.80. The summed E-state index contributed by atoms with van der Waals surface area (Å²) < 4.78 is 5.34. The molecule has 0 aromatic heterocycles. The van der Waals surface area contributed by atoms with Crippen LogP contribution in [0.25, 0.3) is 0 Å². The predicted molar refractivity (Wildman–Crippen MR) is 77.4 cm³/mol. The summed E-state index contributed by atoms with van der Waals surface area (Å²) in [5.74, 6) is 0.0373. The van der Waals surface area contributed by atoms with Gasteiger partial charge in [-0.2, -0.15) is 0 Å². The fourth-order valence-corrected chi connectivity index (χ4v) is 2.05. The SMILES string of the molecule is CC(C)C(=O)Nc1cccc(NC2CCOCC2)c1. The highest BCUT2D eigenvalue weighted by Gasteiger charge is 2.13. The topological polar surface area (TPSA) is 50.4 Å². The summed E-state index contributed by atoms with van der Waals surface area (Å²) in [6.07, 6.45) is 2.06. The van der Waals surface area contributed by atoms with Crippen LogP contribution in [-0.2, 0) is 9.53 Å². The van der Waals surface area contributed by atoms with Gasteiger partial charge in [0.1, 0.15) is 0 Å². The average Bonchev–Trinajstić information content (AvgIpc) is 2.40. The maximum atomic E-state index is 11.7. The highest BCUT2D eigenvalue weighted by Crippen LogP contribution is 2.19. The van der Waals surface area contributed by atoms with Crippen LogP contribution in [0.2, 0.25) is 0 Å². The summed E-state index contributed by atoms with van der Waals surface area (Å²) in [6.45, 7) is 5.42. The second-order valence-corrected chi connectivity index (χ2v) is 5.26. The zero-order chi connectivity index (χ0) is 13.7. The van der Waals surface area contributed by atoms with Crippen molar-refractivity contribution >= 4 is 17.3 Å². The van der Waals surface area contributed by atoms with Gasteiger partial charge in [0.15, 0.2) is 0 Å². The highest BCUT2D eigenvalue weighted by atomic mass is 16.5. The zero-order valence-corrected chi connectivity index (χ0v) is 11.6. The van der Waals surface area contributed by atoms with Crippen LogP contribution in [0.4, 0.5) is 11.4 Å². The molecule has 1 aliphatic heterocycles. The number of hydrogen-bond acceptors (Lipinski definition) is 3. The number of nitrogens with one attached hydrogen (secondary N) is 2. The Morgan fingerprint density at radius 3 is 2.63 bits per heavy atom. The van der Waals surface area contributed by atoms with Crippen molar-refractivity contribution in [3.63, 3.8) is 0 Å². The van der Waals surface area contributed by atoms with E-state index in [1.54, 1.807) is 0 Å². The molecule has 1 aromatic carbocycles. The van der Waals surface area contributed by atoms with E-state index in [-0.39, 0.29) is 11.8 Å². The number of amides is 1. The van der Waals surface area contributed by atoms with E-state index in [1.807, 2.05) is 38.1 Å². The number of ether oxygens (including phenoxy) is 1. The highest BCUT2D eigenvalue weighted by molar-refractivity contribution is 5.92. The fraction of sp³-hybridized carbons (Fsp3) is 0.533. The fourth-order valence-electron chi connectivity index (χ4n) is 2.05. The third-order valence-electron chi connectivity index (χ3n) is 3.25. The van der Waals surface area contributed by atoms with Gasteiger partial charge in [0.05, 0.1) is 0 Å². The quantitative estimate of drug-likeness (QED) is 0.877. The van der Waals surface area contributed by atoms with Crippen molar-refractivity contribution in [2.24, 2.45) is 5.92 Å². The van der Waals surface area contributed by atoms with Gasteiger partial charge in [-0.05, 0) is 31.0 Å². The third-order valence-corrected chi connectivity index (χ3v) is 3.25. The van der Waals surface area contributed by atoms with E-state index in [0.717, 1.165) is 37.4 Å². The summed E-state index contributed by atoms with van der Waals surface area (Å²) in [6, 6.07) is 8.34. The van der Waals surface area contributed by atoms with Crippen molar-refractivity contribution in [1.29, 1.82) is 0 Å². The first-order valence-electron chi connectivity index (χ1n) is 6.90. The van der Waals surface area contributed by atoms with Crippen molar-refractivity contribution in [3.05, 3.63) is 24.3 Å². The molecule has 1 heterocycles. The molecule has 0 spiro atoms. The molecule has 2 N–H and O–H groups in total. The zero-order valence-electron chi connectivity index (χ0n) is 11.6. The molecule has 1 aromatic rings. The third kappa shape index (κ3) is 4.24. The van der Waals surface area contributed by atoms with Crippen LogP contribution in [-0.4, -0.2) is 25.2 Å². The summed E-state index contributed by atoms with van der Waals surface area (Å²) in [7, 11) is 0. The van der Waals surface area contributed by atoms with Crippen molar-refractivity contribution < 1.29 is 9.53 Å². The van der Waals surface area contributed by atoms with Crippen molar-refractivity contribution in [3.8, 4) is 0 Å². The Labute approximate surface area is 114 Å². The second kappa shape index (κ2) is 6.57. The maximum Gasteiger partial charge on any atom is 0.226 e. The van der Waals surface area contributed by atoms with Crippen molar-refractivity contribution in [2.45, 2.75) is 32.7 Å².